The van der Waals surface area contributed by atoms with E-state index in [0.29, 0.717) is 6.54 Å². The molecule has 1 aromatic rings. The number of carbonyl (C=O) groups excluding carboxylic acids is 1. The van der Waals surface area contributed by atoms with Crippen molar-refractivity contribution in [3.05, 3.63) is 29.8 Å². The molecule has 0 fully saturated rings. The fourth-order valence-electron chi connectivity index (χ4n) is 1.84. The average molecular weight is 313 g/mol. The number of primary sulfonamides is 1. The largest absolute Gasteiger partial charge is 0.349 e. The molecular weight excluding hydrogens is 290 g/mol. The molecule has 1 aromatic carbocycles. The van der Waals surface area contributed by atoms with Crippen LogP contribution in [-0.2, 0) is 14.8 Å². The summed E-state index contributed by atoms with van der Waals surface area (Å²) in [5.41, 5.74) is 0.825. The van der Waals surface area contributed by atoms with E-state index in [1.165, 1.54) is 12.1 Å². The smallest absolute Gasteiger partial charge is 0.238 e. The van der Waals surface area contributed by atoms with E-state index in [0.717, 1.165) is 12.1 Å². The molecular formula is C14H23N3O3S. The number of nitrogens with one attached hydrogen (secondary N) is 2. The summed E-state index contributed by atoms with van der Waals surface area (Å²) in [5.74, 6) is -0.171. The molecule has 0 aliphatic carbocycles. The Morgan fingerprint density at radius 3 is 2.29 bits per heavy atom. The molecule has 0 aromatic heterocycles. The fourth-order valence-corrected chi connectivity index (χ4v) is 2.35. The van der Waals surface area contributed by atoms with Crippen LogP contribution in [0.15, 0.2) is 29.2 Å². The van der Waals surface area contributed by atoms with Crippen molar-refractivity contribution in [1.82, 2.24) is 10.6 Å². The Labute approximate surface area is 126 Å². The Hall–Kier alpha value is -1.44. The first-order chi connectivity index (χ1) is 9.75. The Bertz CT molecular complexity index is 570. The van der Waals surface area contributed by atoms with E-state index in [4.69, 9.17) is 5.14 Å². The van der Waals surface area contributed by atoms with Crippen LogP contribution < -0.4 is 15.8 Å². The van der Waals surface area contributed by atoms with Crippen molar-refractivity contribution in [3.63, 3.8) is 0 Å². The quantitative estimate of drug-likeness (QED) is 0.691. The van der Waals surface area contributed by atoms with Crippen molar-refractivity contribution in [1.29, 1.82) is 0 Å². The summed E-state index contributed by atoms with van der Waals surface area (Å²) < 4.78 is 22.4. The van der Waals surface area contributed by atoms with E-state index in [1.54, 1.807) is 12.1 Å². The van der Waals surface area contributed by atoms with E-state index in [-0.39, 0.29) is 22.8 Å². The maximum Gasteiger partial charge on any atom is 0.238 e. The van der Waals surface area contributed by atoms with Crippen molar-refractivity contribution >= 4 is 15.9 Å². The zero-order chi connectivity index (χ0) is 16.0. The molecule has 2 atom stereocenters. The number of rotatable bonds is 7. The Morgan fingerprint density at radius 2 is 1.81 bits per heavy atom. The van der Waals surface area contributed by atoms with Gasteiger partial charge in [0.2, 0.25) is 15.9 Å². The molecule has 0 radical (unpaired) electrons. The van der Waals surface area contributed by atoms with Crippen LogP contribution in [0.5, 0.6) is 0 Å². The van der Waals surface area contributed by atoms with Crippen LogP contribution in [0.25, 0.3) is 0 Å². The highest BCUT2D eigenvalue weighted by atomic mass is 32.2. The zero-order valence-corrected chi connectivity index (χ0v) is 13.4. The SMILES string of the molecule is CCNCC(C)C(=O)NC(C)c1ccc(S(N)(=O)=O)cc1. The van der Waals surface area contributed by atoms with Gasteiger partial charge in [-0.15, -0.1) is 0 Å². The number of hydrogen-bond donors (Lipinski definition) is 3. The van der Waals surface area contributed by atoms with E-state index in [9.17, 15) is 13.2 Å². The third kappa shape index (κ3) is 5.45. The highest BCUT2D eigenvalue weighted by molar-refractivity contribution is 7.89. The van der Waals surface area contributed by atoms with Gasteiger partial charge in [0, 0.05) is 12.5 Å². The lowest BCUT2D eigenvalue weighted by molar-refractivity contribution is -0.125. The van der Waals surface area contributed by atoms with E-state index in [1.807, 2.05) is 20.8 Å². The topological polar surface area (TPSA) is 101 Å². The fraction of sp³-hybridized carbons (Fsp3) is 0.500. The summed E-state index contributed by atoms with van der Waals surface area (Å²) in [6.45, 7) is 7.14. The van der Waals surface area contributed by atoms with Crippen LogP contribution in [0.3, 0.4) is 0 Å². The van der Waals surface area contributed by atoms with Gasteiger partial charge in [0.15, 0.2) is 0 Å². The van der Waals surface area contributed by atoms with Gasteiger partial charge in [-0.3, -0.25) is 4.79 Å². The van der Waals surface area contributed by atoms with Crippen LogP contribution in [-0.4, -0.2) is 27.4 Å². The monoisotopic (exact) mass is 313 g/mol. The molecule has 4 N–H and O–H groups in total. The second-order valence-corrected chi connectivity index (χ2v) is 6.61. The van der Waals surface area contributed by atoms with Gasteiger partial charge in [0.25, 0.3) is 0 Å². The molecule has 0 bridgehead atoms. The van der Waals surface area contributed by atoms with Gasteiger partial charge < -0.3 is 10.6 Å². The molecule has 1 amide bonds. The van der Waals surface area contributed by atoms with Crippen molar-refractivity contribution in [2.45, 2.75) is 31.7 Å². The maximum atomic E-state index is 12.0. The van der Waals surface area contributed by atoms with Crippen molar-refractivity contribution in [2.24, 2.45) is 11.1 Å². The molecule has 1 rings (SSSR count). The standard InChI is InChI=1S/C14H23N3O3S/c1-4-16-9-10(2)14(18)17-11(3)12-5-7-13(8-6-12)21(15,19)20/h5-8,10-11,16H,4,9H2,1-3H3,(H,17,18)(H2,15,19,20). The number of nitrogens with two attached hydrogens (primary N) is 1. The molecule has 6 nitrogen and oxygen atoms in total. The summed E-state index contributed by atoms with van der Waals surface area (Å²) in [4.78, 5) is 12.1. The normalized spacial score (nSPS) is 14.5. The number of carbonyl (C=O) groups is 1. The molecule has 21 heavy (non-hydrogen) atoms. The lowest BCUT2D eigenvalue weighted by atomic mass is 10.1. The third-order valence-electron chi connectivity index (χ3n) is 3.22. The summed E-state index contributed by atoms with van der Waals surface area (Å²) in [5, 5.41) is 11.1. The molecule has 0 saturated heterocycles. The third-order valence-corrected chi connectivity index (χ3v) is 4.14. The number of benzene rings is 1. The lowest BCUT2D eigenvalue weighted by Gasteiger charge is -2.18. The Balaban J connectivity index is 2.67. The predicted molar refractivity (Wildman–Crippen MR) is 82.1 cm³/mol. The molecule has 0 spiro atoms. The van der Waals surface area contributed by atoms with E-state index < -0.39 is 10.0 Å². The molecule has 7 heteroatoms. The minimum Gasteiger partial charge on any atom is -0.349 e. The lowest BCUT2D eigenvalue weighted by Crippen LogP contribution is -2.36. The predicted octanol–water partition coefficient (Wildman–Crippen LogP) is 0.757. The first-order valence-corrected chi connectivity index (χ1v) is 8.44. The highest BCUT2D eigenvalue weighted by Gasteiger charge is 2.16. The van der Waals surface area contributed by atoms with Crippen molar-refractivity contribution in [3.8, 4) is 0 Å². The summed E-state index contributed by atoms with van der Waals surface area (Å²) in [7, 11) is -3.69. The van der Waals surface area contributed by atoms with Gasteiger partial charge in [-0.05, 0) is 31.2 Å². The zero-order valence-electron chi connectivity index (χ0n) is 12.6. The van der Waals surface area contributed by atoms with Crippen LogP contribution >= 0.6 is 0 Å². The van der Waals surface area contributed by atoms with Gasteiger partial charge in [-0.1, -0.05) is 26.0 Å². The number of sulfonamides is 1. The molecule has 0 aliphatic heterocycles. The molecule has 0 heterocycles. The van der Waals surface area contributed by atoms with Crippen LogP contribution in [0.2, 0.25) is 0 Å². The molecule has 0 aliphatic rings. The number of hydrogen-bond acceptors (Lipinski definition) is 4. The van der Waals surface area contributed by atoms with Gasteiger partial charge in [0.05, 0.1) is 10.9 Å². The summed E-state index contributed by atoms with van der Waals surface area (Å²) >= 11 is 0. The Kier molecular flexibility index (Phi) is 6.32. The Morgan fingerprint density at radius 1 is 1.24 bits per heavy atom. The second-order valence-electron chi connectivity index (χ2n) is 5.05. The maximum absolute atomic E-state index is 12.0. The minimum atomic E-state index is -3.69. The van der Waals surface area contributed by atoms with Gasteiger partial charge in [0.1, 0.15) is 0 Å². The van der Waals surface area contributed by atoms with Crippen molar-refractivity contribution < 1.29 is 13.2 Å². The van der Waals surface area contributed by atoms with Crippen LogP contribution in [0.4, 0.5) is 0 Å². The molecule has 2 unspecified atom stereocenters. The average Bonchev–Trinajstić information content (AvgIpc) is 2.43. The highest BCUT2D eigenvalue weighted by Crippen LogP contribution is 2.16. The second kappa shape index (κ2) is 7.53. The van der Waals surface area contributed by atoms with Crippen LogP contribution in [0.1, 0.15) is 32.4 Å². The first kappa shape index (κ1) is 17.6. The van der Waals surface area contributed by atoms with E-state index >= 15 is 0 Å². The van der Waals surface area contributed by atoms with E-state index in [2.05, 4.69) is 10.6 Å². The van der Waals surface area contributed by atoms with Gasteiger partial charge >= 0.3 is 0 Å². The van der Waals surface area contributed by atoms with Gasteiger partial charge in [-0.25, -0.2) is 13.6 Å². The minimum absolute atomic E-state index is 0.0426. The molecule has 118 valence electrons. The molecule has 0 saturated carbocycles. The summed E-state index contributed by atoms with van der Waals surface area (Å²) in [6.07, 6.45) is 0. The van der Waals surface area contributed by atoms with Crippen molar-refractivity contribution in [2.75, 3.05) is 13.1 Å². The van der Waals surface area contributed by atoms with Gasteiger partial charge in [-0.2, -0.15) is 0 Å². The number of amides is 1. The first-order valence-electron chi connectivity index (χ1n) is 6.89. The summed E-state index contributed by atoms with van der Waals surface area (Å²) in [6, 6.07) is 5.99. The van der Waals surface area contributed by atoms with Crippen LogP contribution in [0, 0.1) is 5.92 Å².